The Balaban J connectivity index is 2.13. The Morgan fingerprint density at radius 2 is 2.11 bits per heavy atom. The first-order valence-electron chi connectivity index (χ1n) is 5.05. The van der Waals surface area contributed by atoms with Crippen molar-refractivity contribution >= 4 is 33.3 Å². The Bertz CT molecular complexity index is 580. The van der Waals surface area contributed by atoms with Crippen molar-refractivity contribution in [2.75, 3.05) is 5.73 Å². The molecule has 0 saturated carbocycles. The van der Waals surface area contributed by atoms with E-state index in [1.807, 2.05) is 0 Å². The first kappa shape index (κ1) is 13.1. The molecule has 1 heterocycles. The predicted octanol–water partition coefficient (Wildman–Crippen LogP) is 3.80. The maximum absolute atomic E-state index is 12.9. The average molecular weight is 332 g/mol. The van der Waals surface area contributed by atoms with Crippen LogP contribution in [0.4, 0.5) is 10.2 Å². The molecular weight excluding hydrogens is 322 g/mol. The molecule has 0 aliphatic rings. The summed E-state index contributed by atoms with van der Waals surface area (Å²) in [7, 11) is 0. The number of rotatable bonds is 3. The van der Waals surface area contributed by atoms with Gasteiger partial charge in [-0.05, 0) is 46.3 Å². The number of anilines is 1. The lowest BCUT2D eigenvalue weighted by Gasteiger charge is -2.09. The number of nitrogens with zero attached hydrogens (tertiary/aromatic N) is 1. The summed E-state index contributed by atoms with van der Waals surface area (Å²) < 4.78 is 18.9. The lowest BCUT2D eigenvalue weighted by Crippen LogP contribution is -2.02. The number of nitrogen functional groups attached to an aromatic ring is 1. The van der Waals surface area contributed by atoms with E-state index < -0.39 is 0 Å². The Labute approximate surface area is 117 Å². The summed E-state index contributed by atoms with van der Waals surface area (Å²) in [5.74, 6) is 0.544. The number of ether oxygens (including phenoxy) is 1. The van der Waals surface area contributed by atoms with Gasteiger partial charge in [0.05, 0.1) is 15.2 Å². The molecule has 2 N–H and O–H groups in total. The zero-order valence-corrected chi connectivity index (χ0v) is 11.5. The molecule has 0 saturated heterocycles. The minimum atomic E-state index is -0.339. The van der Waals surface area contributed by atoms with E-state index in [0.717, 1.165) is 0 Å². The van der Waals surface area contributed by atoms with E-state index in [4.69, 9.17) is 22.1 Å². The summed E-state index contributed by atoms with van der Waals surface area (Å²) in [6.45, 7) is 0.161. The third kappa shape index (κ3) is 3.11. The van der Waals surface area contributed by atoms with E-state index in [9.17, 15) is 4.39 Å². The summed E-state index contributed by atoms with van der Waals surface area (Å²) in [4.78, 5) is 4.07. The van der Waals surface area contributed by atoms with Gasteiger partial charge in [-0.2, -0.15) is 0 Å². The van der Waals surface area contributed by atoms with Crippen LogP contribution in [-0.4, -0.2) is 4.98 Å². The van der Waals surface area contributed by atoms with Crippen LogP contribution in [0, 0.1) is 5.82 Å². The molecule has 0 aliphatic heterocycles. The van der Waals surface area contributed by atoms with Gasteiger partial charge in [0, 0.05) is 0 Å². The molecule has 0 fully saturated rings. The molecule has 0 bridgehead atoms. The van der Waals surface area contributed by atoms with Crippen molar-refractivity contribution in [3.05, 3.63) is 51.3 Å². The van der Waals surface area contributed by atoms with Crippen LogP contribution < -0.4 is 10.5 Å². The fourth-order valence-electron chi connectivity index (χ4n) is 1.34. The van der Waals surface area contributed by atoms with Crippen LogP contribution in [-0.2, 0) is 6.61 Å². The highest BCUT2D eigenvalue weighted by atomic mass is 79.9. The van der Waals surface area contributed by atoms with Gasteiger partial charge < -0.3 is 10.5 Å². The largest absolute Gasteiger partial charge is 0.486 e. The number of hydrogen-bond donors (Lipinski definition) is 1. The second kappa shape index (κ2) is 5.54. The lowest BCUT2D eigenvalue weighted by atomic mass is 10.3. The molecule has 2 aromatic rings. The second-order valence-electron chi connectivity index (χ2n) is 3.53. The smallest absolute Gasteiger partial charge is 0.134 e. The normalized spacial score (nSPS) is 10.4. The van der Waals surface area contributed by atoms with Crippen molar-refractivity contribution in [3.8, 4) is 5.75 Å². The van der Waals surface area contributed by atoms with Crippen LogP contribution >= 0.6 is 27.5 Å². The first-order valence-corrected chi connectivity index (χ1v) is 6.22. The van der Waals surface area contributed by atoms with Gasteiger partial charge in [-0.25, -0.2) is 9.37 Å². The number of halogens is 3. The summed E-state index contributed by atoms with van der Waals surface area (Å²) in [6, 6.07) is 7.43. The molecule has 3 nitrogen and oxygen atoms in total. The molecular formula is C12H9BrClFN2O. The minimum Gasteiger partial charge on any atom is -0.486 e. The number of benzene rings is 1. The van der Waals surface area contributed by atoms with Crippen molar-refractivity contribution in [2.45, 2.75) is 6.61 Å². The second-order valence-corrected chi connectivity index (χ2v) is 4.79. The molecule has 0 aliphatic carbocycles. The highest BCUT2D eigenvalue weighted by Crippen LogP contribution is 2.27. The molecule has 6 heteroatoms. The lowest BCUT2D eigenvalue weighted by molar-refractivity contribution is 0.299. The number of hydrogen-bond acceptors (Lipinski definition) is 3. The predicted molar refractivity (Wildman–Crippen MR) is 72.1 cm³/mol. The fraction of sp³-hybridized carbons (Fsp3) is 0.0833. The molecule has 18 heavy (non-hydrogen) atoms. The molecule has 0 spiro atoms. The van der Waals surface area contributed by atoms with Gasteiger partial charge in [-0.3, -0.25) is 0 Å². The van der Waals surface area contributed by atoms with Crippen LogP contribution in [0.5, 0.6) is 5.75 Å². The van der Waals surface area contributed by atoms with Crippen molar-refractivity contribution < 1.29 is 9.13 Å². The molecule has 2 rings (SSSR count). The van der Waals surface area contributed by atoms with Gasteiger partial charge >= 0.3 is 0 Å². The standard InChI is InChI=1S/C12H9BrClFN2O/c13-8-5-7(15)1-3-11(8)18-6-10-9(14)2-4-12(16)17-10/h1-5H,6H2,(H2,16,17). The van der Waals surface area contributed by atoms with Crippen LogP contribution in [0.25, 0.3) is 0 Å². The summed E-state index contributed by atoms with van der Waals surface area (Å²) in [5.41, 5.74) is 6.10. The van der Waals surface area contributed by atoms with Crippen LogP contribution in [0.1, 0.15) is 5.69 Å². The van der Waals surface area contributed by atoms with Crippen molar-refractivity contribution in [2.24, 2.45) is 0 Å². The quantitative estimate of drug-likeness (QED) is 0.930. The van der Waals surface area contributed by atoms with E-state index in [-0.39, 0.29) is 12.4 Å². The zero-order chi connectivity index (χ0) is 13.1. The summed E-state index contributed by atoms with van der Waals surface area (Å²) in [6.07, 6.45) is 0. The number of nitrogens with two attached hydrogens (primary N) is 1. The maximum Gasteiger partial charge on any atom is 0.134 e. The van der Waals surface area contributed by atoms with Gasteiger partial charge in [0.1, 0.15) is 24.0 Å². The van der Waals surface area contributed by atoms with Crippen LogP contribution in [0.2, 0.25) is 5.02 Å². The molecule has 0 atom stereocenters. The molecule has 94 valence electrons. The molecule has 1 aromatic carbocycles. The van der Waals surface area contributed by atoms with E-state index in [1.54, 1.807) is 12.1 Å². The van der Waals surface area contributed by atoms with E-state index in [0.29, 0.717) is 26.8 Å². The highest BCUT2D eigenvalue weighted by Gasteiger charge is 2.07. The maximum atomic E-state index is 12.9. The molecule has 0 unspecified atom stereocenters. The zero-order valence-electron chi connectivity index (χ0n) is 9.16. The summed E-state index contributed by atoms with van der Waals surface area (Å²) >= 11 is 9.17. The Morgan fingerprint density at radius 3 is 2.83 bits per heavy atom. The first-order chi connectivity index (χ1) is 8.56. The monoisotopic (exact) mass is 330 g/mol. The molecule has 0 amide bonds. The van der Waals surface area contributed by atoms with E-state index >= 15 is 0 Å². The van der Waals surface area contributed by atoms with E-state index in [2.05, 4.69) is 20.9 Å². The highest BCUT2D eigenvalue weighted by molar-refractivity contribution is 9.10. The molecule has 1 aromatic heterocycles. The van der Waals surface area contributed by atoms with Crippen LogP contribution in [0.15, 0.2) is 34.8 Å². The van der Waals surface area contributed by atoms with Gasteiger partial charge in [0.25, 0.3) is 0 Å². The third-order valence-corrected chi connectivity index (χ3v) is 3.16. The minimum absolute atomic E-state index is 0.161. The van der Waals surface area contributed by atoms with Crippen molar-refractivity contribution in [1.29, 1.82) is 0 Å². The summed E-state index contributed by atoms with van der Waals surface area (Å²) in [5, 5.41) is 0.474. The van der Waals surface area contributed by atoms with Crippen LogP contribution in [0.3, 0.4) is 0 Å². The van der Waals surface area contributed by atoms with Gasteiger partial charge in [-0.15, -0.1) is 0 Å². The molecule has 0 radical (unpaired) electrons. The van der Waals surface area contributed by atoms with Crippen molar-refractivity contribution in [3.63, 3.8) is 0 Å². The Morgan fingerprint density at radius 1 is 1.33 bits per heavy atom. The SMILES string of the molecule is Nc1ccc(Cl)c(COc2ccc(F)cc2Br)n1. The van der Waals surface area contributed by atoms with E-state index in [1.165, 1.54) is 18.2 Å². The van der Waals surface area contributed by atoms with Gasteiger partial charge in [-0.1, -0.05) is 11.6 Å². The van der Waals surface area contributed by atoms with Gasteiger partial charge in [0.15, 0.2) is 0 Å². The van der Waals surface area contributed by atoms with Gasteiger partial charge in [0.2, 0.25) is 0 Å². The third-order valence-electron chi connectivity index (χ3n) is 2.20. The van der Waals surface area contributed by atoms with Crippen molar-refractivity contribution in [1.82, 2.24) is 4.98 Å². The number of aromatic nitrogens is 1. The topological polar surface area (TPSA) is 48.1 Å². The Hall–Kier alpha value is -1.33. The average Bonchev–Trinajstić information content (AvgIpc) is 2.32. The Kier molecular flexibility index (Phi) is 4.04. The number of pyridine rings is 1. The fourth-order valence-corrected chi connectivity index (χ4v) is 1.97.